The summed E-state index contributed by atoms with van der Waals surface area (Å²) >= 11 is 0. The molecule has 1 saturated carbocycles. The molecule has 0 unspecified atom stereocenters. The van der Waals surface area contributed by atoms with Crippen molar-refractivity contribution in [1.29, 1.82) is 0 Å². The molecule has 2 aliphatic rings. The Labute approximate surface area is 78.8 Å². The van der Waals surface area contributed by atoms with E-state index in [0.717, 1.165) is 24.8 Å². The number of rotatable bonds is 1. The number of carbonyl (C=O) groups excluding carboxylic acids is 1. The number of aliphatic imine (C=N–C) groups is 1. The van der Waals surface area contributed by atoms with E-state index < -0.39 is 0 Å². The van der Waals surface area contributed by atoms with E-state index in [0.29, 0.717) is 0 Å². The quantitative estimate of drug-likeness (QED) is 0.576. The van der Waals surface area contributed by atoms with Crippen molar-refractivity contribution in [2.24, 2.45) is 4.99 Å². The van der Waals surface area contributed by atoms with Gasteiger partial charge in [0.05, 0.1) is 6.54 Å². The van der Waals surface area contributed by atoms with Crippen molar-refractivity contribution in [2.75, 3.05) is 13.1 Å². The predicted octanol–water partition coefficient (Wildman–Crippen LogP) is 0.652. The average molecular weight is 175 g/mol. The Hall–Kier alpha value is -0.860. The molecule has 0 bridgehead atoms. The van der Waals surface area contributed by atoms with Crippen LogP contribution in [-0.4, -0.2) is 29.7 Å². The van der Waals surface area contributed by atoms with Crippen molar-refractivity contribution in [3.05, 3.63) is 31.6 Å². The second kappa shape index (κ2) is 3.48. The lowest BCUT2D eigenvalue weighted by Crippen LogP contribution is -2.35. The molecule has 1 amide bonds. The van der Waals surface area contributed by atoms with E-state index in [-0.39, 0.29) is 5.91 Å². The zero-order valence-corrected chi connectivity index (χ0v) is 7.53. The normalized spacial score (nSPS) is 23.8. The van der Waals surface area contributed by atoms with E-state index in [2.05, 4.69) is 4.99 Å². The average Bonchev–Trinajstić information content (AvgIpc) is 2.74. The third-order valence-corrected chi connectivity index (χ3v) is 2.14. The van der Waals surface area contributed by atoms with Gasteiger partial charge in [-0.2, -0.15) is 0 Å². The topological polar surface area (TPSA) is 32.7 Å². The number of carbonyl (C=O) groups is 1. The fourth-order valence-electron chi connectivity index (χ4n) is 1.52. The van der Waals surface area contributed by atoms with Crippen molar-refractivity contribution >= 4 is 11.7 Å². The van der Waals surface area contributed by atoms with Gasteiger partial charge in [-0.15, -0.1) is 0 Å². The van der Waals surface area contributed by atoms with Crippen LogP contribution in [0.25, 0.3) is 0 Å². The first-order valence-corrected chi connectivity index (χ1v) is 4.33. The minimum Gasteiger partial charge on any atom is -0.299 e. The molecule has 0 aromatic carbocycles. The van der Waals surface area contributed by atoms with Crippen molar-refractivity contribution < 1.29 is 4.79 Å². The van der Waals surface area contributed by atoms with Crippen molar-refractivity contribution in [3.8, 4) is 0 Å². The van der Waals surface area contributed by atoms with Gasteiger partial charge in [-0.1, -0.05) is 0 Å². The largest absolute Gasteiger partial charge is 0.299 e. The Morgan fingerprint density at radius 3 is 2.77 bits per heavy atom. The maximum atomic E-state index is 11.2. The lowest BCUT2D eigenvalue weighted by Gasteiger charge is -2.19. The highest BCUT2D eigenvalue weighted by Gasteiger charge is 2.30. The predicted molar refractivity (Wildman–Crippen MR) is 50.1 cm³/mol. The summed E-state index contributed by atoms with van der Waals surface area (Å²) in [4.78, 5) is 17.2. The lowest BCUT2D eigenvalue weighted by atomic mass is 10.1. The van der Waals surface area contributed by atoms with E-state index in [1.807, 2.05) is 25.7 Å². The van der Waals surface area contributed by atoms with E-state index in [9.17, 15) is 4.79 Å². The van der Waals surface area contributed by atoms with Crippen LogP contribution in [0.4, 0.5) is 0 Å². The van der Waals surface area contributed by atoms with Gasteiger partial charge in [0.2, 0.25) is 5.91 Å². The lowest BCUT2D eigenvalue weighted by molar-refractivity contribution is -0.124. The Balaban J connectivity index is 2.08. The first kappa shape index (κ1) is 8.73. The molecule has 5 radical (unpaired) electrons. The highest BCUT2D eigenvalue weighted by Crippen LogP contribution is 2.27. The summed E-state index contributed by atoms with van der Waals surface area (Å²) in [7, 11) is 0. The van der Waals surface area contributed by atoms with Gasteiger partial charge < -0.3 is 0 Å². The molecule has 1 fully saturated rings. The second-order valence-electron chi connectivity index (χ2n) is 3.05. The van der Waals surface area contributed by atoms with Crippen LogP contribution in [0.5, 0.6) is 0 Å². The zero-order valence-electron chi connectivity index (χ0n) is 7.53. The number of hydrogen-bond donors (Lipinski definition) is 0. The molecule has 67 valence electrons. The summed E-state index contributed by atoms with van der Waals surface area (Å²) in [6, 6.07) is 0. The molecule has 0 N–H and O–H groups in total. The Bertz CT molecular complexity index is 241. The van der Waals surface area contributed by atoms with Gasteiger partial charge in [-0.05, 0) is 25.7 Å². The molecule has 0 saturated heterocycles. The highest BCUT2D eigenvalue weighted by atomic mass is 16.2. The minimum atomic E-state index is 0.0671. The monoisotopic (exact) mass is 175 g/mol. The van der Waals surface area contributed by atoms with Crippen molar-refractivity contribution in [3.63, 3.8) is 0 Å². The van der Waals surface area contributed by atoms with Gasteiger partial charge in [0.1, 0.15) is 5.84 Å². The van der Waals surface area contributed by atoms with Gasteiger partial charge in [-0.3, -0.25) is 14.7 Å². The number of amides is 1. The molecule has 1 aliphatic heterocycles. The number of nitrogens with zero attached hydrogens (tertiary/aromatic N) is 2. The van der Waals surface area contributed by atoms with Gasteiger partial charge in [0.15, 0.2) is 0 Å². The molecular formula is C10H11N2O. The maximum absolute atomic E-state index is 11.2. The van der Waals surface area contributed by atoms with Crippen LogP contribution in [0.15, 0.2) is 4.99 Å². The van der Waals surface area contributed by atoms with Crippen LogP contribution in [-0.2, 0) is 4.79 Å². The molecule has 3 heteroatoms. The van der Waals surface area contributed by atoms with Crippen LogP contribution in [0.3, 0.4) is 0 Å². The Morgan fingerprint density at radius 1 is 1.46 bits per heavy atom. The molecule has 13 heavy (non-hydrogen) atoms. The van der Waals surface area contributed by atoms with Crippen LogP contribution < -0.4 is 0 Å². The summed E-state index contributed by atoms with van der Waals surface area (Å²) in [6.45, 7) is 3.01. The van der Waals surface area contributed by atoms with E-state index in [1.54, 1.807) is 11.8 Å². The van der Waals surface area contributed by atoms with Crippen molar-refractivity contribution in [1.82, 2.24) is 4.90 Å². The van der Waals surface area contributed by atoms with Gasteiger partial charge in [0, 0.05) is 19.4 Å². The molecule has 0 atom stereocenters. The molecule has 1 heterocycles. The molecule has 0 spiro atoms. The fourth-order valence-corrected chi connectivity index (χ4v) is 1.52. The molecular weight excluding hydrogens is 164 g/mol. The van der Waals surface area contributed by atoms with E-state index >= 15 is 0 Å². The van der Waals surface area contributed by atoms with Crippen LogP contribution in [0, 0.1) is 31.6 Å². The molecule has 3 nitrogen and oxygen atoms in total. The van der Waals surface area contributed by atoms with Crippen molar-refractivity contribution in [2.45, 2.75) is 6.92 Å². The van der Waals surface area contributed by atoms with Gasteiger partial charge >= 0.3 is 0 Å². The van der Waals surface area contributed by atoms with E-state index in [1.165, 1.54) is 0 Å². The Morgan fingerprint density at radius 2 is 2.15 bits per heavy atom. The first-order valence-electron chi connectivity index (χ1n) is 4.33. The number of amidine groups is 1. The van der Waals surface area contributed by atoms with Crippen LogP contribution in [0.1, 0.15) is 6.92 Å². The zero-order chi connectivity index (χ0) is 9.26. The summed E-state index contributed by atoms with van der Waals surface area (Å²) in [5, 5.41) is 0. The van der Waals surface area contributed by atoms with Gasteiger partial charge in [-0.25, -0.2) is 0 Å². The molecule has 0 aromatic rings. The summed E-state index contributed by atoms with van der Waals surface area (Å²) in [6.07, 6.45) is 7.85. The summed E-state index contributed by atoms with van der Waals surface area (Å²) in [5.41, 5.74) is 0. The molecule has 2 rings (SSSR count). The standard InChI is InChI=1S/C10H11N2O/c1-8(13)12-7-6-11-10(12)9-4-2-3-5-9/h2-5H,6-7H2,1H3. The third kappa shape index (κ3) is 1.60. The third-order valence-electron chi connectivity index (χ3n) is 2.14. The van der Waals surface area contributed by atoms with Crippen LogP contribution in [0.2, 0.25) is 0 Å². The molecule has 1 aliphatic carbocycles. The number of hydrogen-bond acceptors (Lipinski definition) is 2. The fraction of sp³-hybridized carbons (Fsp3) is 0.300. The highest BCUT2D eigenvalue weighted by molar-refractivity contribution is 6.09. The summed E-state index contributed by atoms with van der Waals surface area (Å²) < 4.78 is 0. The first-order chi connectivity index (χ1) is 6.29. The Kier molecular flexibility index (Phi) is 2.34. The maximum Gasteiger partial charge on any atom is 0.224 e. The molecule has 0 aromatic heterocycles. The van der Waals surface area contributed by atoms with Gasteiger partial charge in [0.25, 0.3) is 0 Å². The smallest absolute Gasteiger partial charge is 0.224 e. The van der Waals surface area contributed by atoms with E-state index in [4.69, 9.17) is 0 Å². The minimum absolute atomic E-state index is 0.0671. The van der Waals surface area contributed by atoms with Crippen LogP contribution >= 0.6 is 0 Å². The summed E-state index contributed by atoms with van der Waals surface area (Å²) in [5.74, 6) is 1.92. The second-order valence-corrected chi connectivity index (χ2v) is 3.05. The SMILES string of the molecule is CC(=O)N1CCN=C1[C]1[CH][CH][CH][CH]1.